The van der Waals surface area contributed by atoms with Crippen molar-refractivity contribution in [2.45, 2.75) is 26.3 Å². The Bertz CT molecular complexity index is 740. The third-order valence-electron chi connectivity index (χ3n) is 4.30. The number of ether oxygens (including phenoxy) is 1. The molecular weight excluding hydrogens is 383 g/mol. The van der Waals surface area contributed by atoms with Gasteiger partial charge in [-0.25, -0.2) is 4.79 Å². The van der Waals surface area contributed by atoms with E-state index in [2.05, 4.69) is 5.32 Å². The fraction of sp³-hybridized carbons (Fsp3) is 0.412. The fourth-order valence-corrected chi connectivity index (χ4v) is 2.91. The molecule has 1 aromatic rings. The summed E-state index contributed by atoms with van der Waals surface area (Å²) in [6.45, 7) is 3.13. The van der Waals surface area contributed by atoms with Crippen LogP contribution in [0.5, 0.6) is 0 Å². The lowest BCUT2D eigenvalue weighted by molar-refractivity contribution is -0.146. The van der Waals surface area contributed by atoms with Crippen LogP contribution in [0.25, 0.3) is 0 Å². The number of nitrogens with one attached hydrogen (secondary N) is 1. The molecule has 9 heteroatoms. The molecule has 0 radical (unpaired) electrons. The van der Waals surface area contributed by atoms with E-state index in [-0.39, 0.29) is 27.1 Å². The van der Waals surface area contributed by atoms with E-state index in [1.54, 1.807) is 6.92 Å². The van der Waals surface area contributed by atoms with Crippen molar-refractivity contribution in [1.82, 2.24) is 10.2 Å². The van der Waals surface area contributed by atoms with Crippen molar-refractivity contribution in [3.8, 4) is 0 Å². The summed E-state index contributed by atoms with van der Waals surface area (Å²) in [5.74, 6) is -2.69. The quantitative estimate of drug-likeness (QED) is 0.583. The van der Waals surface area contributed by atoms with Gasteiger partial charge in [-0.15, -0.1) is 0 Å². The van der Waals surface area contributed by atoms with Crippen molar-refractivity contribution in [3.63, 3.8) is 0 Å². The van der Waals surface area contributed by atoms with Crippen LogP contribution in [0.15, 0.2) is 12.1 Å². The Balaban J connectivity index is 2.16. The number of hydrogen-bond acceptors (Lipinski definition) is 5. The highest BCUT2D eigenvalue weighted by molar-refractivity contribution is 6.43. The van der Waals surface area contributed by atoms with Gasteiger partial charge in [-0.05, 0) is 18.1 Å². The fourth-order valence-electron chi connectivity index (χ4n) is 2.59. The first kappa shape index (κ1) is 20.2. The number of nitrogens with zero attached hydrogens (tertiary/aromatic N) is 1. The maximum Gasteiger partial charge on any atom is 0.328 e. The standard InChI is InChI=1S/C17H18Cl2N2O5/c1-4-8(2)14(17(25)26-3)20-13(22)7-21-15(23)9-5-11(18)12(19)6-10(9)16(21)24/h5-6,8,14H,4,7H2,1-3H3,(H,20,22)/t8-,14+/m1/s1. The molecule has 140 valence electrons. The Kier molecular flexibility index (Phi) is 6.26. The highest BCUT2D eigenvalue weighted by Crippen LogP contribution is 2.31. The van der Waals surface area contributed by atoms with Gasteiger partial charge >= 0.3 is 5.97 Å². The van der Waals surface area contributed by atoms with E-state index >= 15 is 0 Å². The Hall–Kier alpha value is -2.12. The summed E-state index contributed by atoms with van der Waals surface area (Å²) in [7, 11) is 1.22. The molecule has 7 nitrogen and oxygen atoms in total. The normalized spacial score (nSPS) is 15.5. The molecule has 0 saturated heterocycles. The zero-order chi connectivity index (χ0) is 19.6. The molecule has 0 aromatic heterocycles. The molecule has 1 heterocycles. The highest BCUT2D eigenvalue weighted by atomic mass is 35.5. The number of esters is 1. The van der Waals surface area contributed by atoms with E-state index < -0.39 is 36.3 Å². The van der Waals surface area contributed by atoms with Crippen molar-refractivity contribution >= 4 is 46.9 Å². The Morgan fingerprint density at radius 2 is 1.65 bits per heavy atom. The predicted octanol–water partition coefficient (Wildman–Crippen LogP) is 2.29. The Morgan fingerprint density at radius 1 is 1.15 bits per heavy atom. The molecule has 0 bridgehead atoms. The second kappa shape index (κ2) is 8.05. The summed E-state index contributed by atoms with van der Waals surface area (Å²) in [6, 6.07) is 1.73. The third-order valence-corrected chi connectivity index (χ3v) is 5.02. The maximum atomic E-state index is 12.4. The van der Waals surface area contributed by atoms with E-state index in [1.807, 2.05) is 6.92 Å². The minimum atomic E-state index is -0.864. The molecule has 0 spiro atoms. The van der Waals surface area contributed by atoms with E-state index in [0.29, 0.717) is 6.42 Å². The predicted molar refractivity (Wildman–Crippen MR) is 95.2 cm³/mol. The number of fused-ring (bicyclic) bond motifs is 1. The molecule has 0 fully saturated rings. The van der Waals surface area contributed by atoms with Crippen molar-refractivity contribution in [3.05, 3.63) is 33.3 Å². The van der Waals surface area contributed by atoms with Crippen molar-refractivity contribution in [2.24, 2.45) is 5.92 Å². The monoisotopic (exact) mass is 400 g/mol. The number of amides is 3. The molecule has 2 atom stereocenters. The van der Waals surface area contributed by atoms with Gasteiger partial charge in [0, 0.05) is 0 Å². The molecule has 3 amide bonds. The molecule has 1 N–H and O–H groups in total. The molecule has 1 aliphatic heterocycles. The van der Waals surface area contributed by atoms with Crippen LogP contribution in [-0.2, 0) is 14.3 Å². The summed E-state index contributed by atoms with van der Waals surface area (Å²) in [6.07, 6.45) is 0.629. The van der Waals surface area contributed by atoms with E-state index in [9.17, 15) is 19.2 Å². The van der Waals surface area contributed by atoms with Gasteiger partial charge in [-0.1, -0.05) is 43.5 Å². The molecular formula is C17H18Cl2N2O5. The highest BCUT2D eigenvalue weighted by Gasteiger charge is 2.38. The number of methoxy groups -OCH3 is 1. The maximum absolute atomic E-state index is 12.4. The number of carbonyl (C=O) groups excluding carboxylic acids is 4. The van der Waals surface area contributed by atoms with Gasteiger partial charge in [0.05, 0.1) is 28.3 Å². The molecule has 0 aliphatic carbocycles. The number of imide groups is 1. The van der Waals surface area contributed by atoms with Crippen molar-refractivity contribution < 1.29 is 23.9 Å². The van der Waals surface area contributed by atoms with E-state index in [4.69, 9.17) is 27.9 Å². The lowest BCUT2D eigenvalue weighted by Crippen LogP contribution is -2.49. The average molecular weight is 401 g/mol. The third kappa shape index (κ3) is 3.83. The lowest BCUT2D eigenvalue weighted by Gasteiger charge is -2.23. The molecule has 1 aliphatic rings. The van der Waals surface area contributed by atoms with Gasteiger partial charge in [-0.3, -0.25) is 19.3 Å². The number of halogens is 2. The summed E-state index contributed by atoms with van der Waals surface area (Å²) in [5.41, 5.74) is 0.173. The van der Waals surface area contributed by atoms with Crippen LogP contribution < -0.4 is 5.32 Å². The topological polar surface area (TPSA) is 92.8 Å². The zero-order valence-corrected chi connectivity index (χ0v) is 16.0. The summed E-state index contributed by atoms with van der Waals surface area (Å²) in [5, 5.41) is 2.80. The number of carbonyl (C=O) groups is 4. The largest absolute Gasteiger partial charge is 0.467 e. The summed E-state index contributed by atoms with van der Waals surface area (Å²) >= 11 is 11.8. The Labute approximate surface area is 160 Å². The van der Waals surface area contributed by atoms with Gasteiger partial charge in [0.15, 0.2) is 0 Å². The average Bonchev–Trinajstić information content (AvgIpc) is 2.83. The van der Waals surface area contributed by atoms with Gasteiger partial charge < -0.3 is 10.1 Å². The minimum Gasteiger partial charge on any atom is -0.467 e. The Morgan fingerprint density at radius 3 is 2.08 bits per heavy atom. The van der Waals surface area contributed by atoms with Crippen LogP contribution in [0.1, 0.15) is 41.0 Å². The van der Waals surface area contributed by atoms with Crippen LogP contribution in [0.4, 0.5) is 0 Å². The van der Waals surface area contributed by atoms with Gasteiger partial charge in [0.25, 0.3) is 11.8 Å². The minimum absolute atomic E-state index is 0.0867. The summed E-state index contributed by atoms with van der Waals surface area (Å²) < 4.78 is 4.70. The molecule has 0 saturated carbocycles. The van der Waals surface area contributed by atoms with Crippen molar-refractivity contribution in [1.29, 1.82) is 0 Å². The lowest BCUT2D eigenvalue weighted by atomic mass is 9.99. The van der Waals surface area contributed by atoms with Crippen LogP contribution in [0.3, 0.4) is 0 Å². The van der Waals surface area contributed by atoms with E-state index in [0.717, 1.165) is 4.90 Å². The van der Waals surface area contributed by atoms with Crippen LogP contribution >= 0.6 is 23.2 Å². The first-order valence-corrected chi connectivity index (χ1v) is 8.69. The number of hydrogen-bond donors (Lipinski definition) is 1. The van der Waals surface area contributed by atoms with Crippen LogP contribution in [0.2, 0.25) is 10.0 Å². The SMILES string of the molecule is CC[C@@H](C)[C@H](NC(=O)CN1C(=O)c2cc(Cl)c(Cl)cc2C1=O)C(=O)OC. The first-order valence-electron chi connectivity index (χ1n) is 7.93. The zero-order valence-electron chi connectivity index (χ0n) is 14.5. The van der Waals surface area contributed by atoms with Gasteiger partial charge in [0.1, 0.15) is 12.6 Å². The molecule has 1 aromatic carbocycles. The smallest absolute Gasteiger partial charge is 0.328 e. The van der Waals surface area contributed by atoms with Crippen molar-refractivity contribution in [2.75, 3.05) is 13.7 Å². The molecule has 26 heavy (non-hydrogen) atoms. The second-order valence-electron chi connectivity index (χ2n) is 5.96. The van der Waals surface area contributed by atoms with Crippen LogP contribution in [-0.4, -0.2) is 48.3 Å². The molecule has 2 rings (SSSR count). The van der Waals surface area contributed by atoms with Crippen LogP contribution in [0, 0.1) is 5.92 Å². The second-order valence-corrected chi connectivity index (χ2v) is 6.78. The van der Waals surface area contributed by atoms with E-state index in [1.165, 1.54) is 19.2 Å². The van der Waals surface area contributed by atoms with Gasteiger partial charge in [0.2, 0.25) is 5.91 Å². The van der Waals surface area contributed by atoms with Gasteiger partial charge in [-0.2, -0.15) is 0 Å². The first-order chi connectivity index (χ1) is 12.2. The number of rotatable bonds is 6. The number of benzene rings is 1. The molecule has 0 unspecified atom stereocenters. The summed E-state index contributed by atoms with van der Waals surface area (Å²) in [4.78, 5) is 49.8.